The number of hydrogen-bond donors (Lipinski definition) is 3. The summed E-state index contributed by atoms with van der Waals surface area (Å²) in [5.41, 5.74) is 6.38. The number of carbonyl (C=O) groups is 4. The fraction of sp³-hybridized carbons (Fsp3) is 0.643. The molecular formula is C28H46N4O5. The van der Waals surface area contributed by atoms with Crippen molar-refractivity contribution in [3.8, 4) is 0 Å². The number of ether oxygens (including phenoxy) is 1. The van der Waals surface area contributed by atoms with Crippen LogP contribution < -0.4 is 16.4 Å². The molecule has 9 heteroatoms. The number of rotatable bonds is 12. The maximum Gasteiger partial charge on any atom is 0.408 e. The third-order valence-electron chi connectivity index (χ3n) is 6.43. The SMILES string of the molecule is CCCCNC(=O)C(c1cccc(C)c1C)N(C(=O)C(CC(N)=O)NC(=O)OC(C)(C)C)C(C)(C)CC. The fourth-order valence-electron chi connectivity index (χ4n) is 3.92. The second-order valence-corrected chi connectivity index (χ2v) is 11.1. The van der Waals surface area contributed by atoms with Crippen molar-refractivity contribution in [2.24, 2.45) is 5.73 Å². The number of benzene rings is 1. The topological polar surface area (TPSA) is 131 Å². The summed E-state index contributed by atoms with van der Waals surface area (Å²) in [6.07, 6.45) is 0.916. The number of unbranched alkanes of at least 4 members (excludes halogenated alkanes) is 1. The molecule has 0 bridgehead atoms. The van der Waals surface area contributed by atoms with E-state index in [9.17, 15) is 19.2 Å². The van der Waals surface area contributed by atoms with Crippen molar-refractivity contribution in [3.63, 3.8) is 0 Å². The molecule has 0 radical (unpaired) electrons. The quantitative estimate of drug-likeness (QED) is 0.359. The van der Waals surface area contributed by atoms with Crippen LogP contribution >= 0.6 is 0 Å². The number of nitrogens with zero attached hydrogens (tertiary/aromatic N) is 1. The molecule has 0 aliphatic carbocycles. The number of primary amides is 1. The summed E-state index contributed by atoms with van der Waals surface area (Å²) in [5.74, 6) is -1.68. The summed E-state index contributed by atoms with van der Waals surface area (Å²) < 4.78 is 5.33. The fourth-order valence-corrected chi connectivity index (χ4v) is 3.92. The van der Waals surface area contributed by atoms with E-state index in [1.54, 1.807) is 20.8 Å². The Balaban J connectivity index is 3.69. The van der Waals surface area contributed by atoms with Crippen LogP contribution in [0.4, 0.5) is 4.79 Å². The van der Waals surface area contributed by atoms with Gasteiger partial charge in [-0.15, -0.1) is 0 Å². The molecule has 0 aromatic heterocycles. The van der Waals surface area contributed by atoms with E-state index >= 15 is 0 Å². The minimum atomic E-state index is -1.31. The van der Waals surface area contributed by atoms with Crippen LogP contribution in [-0.4, -0.2) is 52.4 Å². The third kappa shape index (κ3) is 9.37. The summed E-state index contributed by atoms with van der Waals surface area (Å²) in [6, 6.07) is 3.33. The van der Waals surface area contributed by atoms with Gasteiger partial charge in [-0.2, -0.15) is 0 Å². The van der Waals surface area contributed by atoms with E-state index in [2.05, 4.69) is 10.6 Å². The van der Waals surface area contributed by atoms with Crippen LogP contribution in [0.3, 0.4) is 0 Å². The number of amides is 4. The normalized spacial score (nSPS) is 13.3. The summed E-state index contributed by atoms with van der Waals surface area (Å²) >= 11 is 0. The van der Waals surface area contributed by atoms with Crippen molar-refractivity contribution in [2.75, 3.05) is 6.54 Å². The van der Waals surface area contributed by atoms with Gasteiger partial charge < -0.3 is 26.0 Å². The van der Waals surface area contributed by atoms with E-state index in [4.69, 9.17) is 10.5 Å². The number of hydrogen-bond acceptors (Lipinski definition) is 5. The van der Waals surface area contributed by atoms with Gasteiger partial charge in [0.1, 0.15) is 17.7 Å². The van der Waals surface area contributed by atoms with Gasteiger partial charge in [-0.05, 0) is 78.0 Å². The van der Waals surface area contributed by atoms with Gasteiger partial charge in [-0.1, -0.05) is 38.5 Å². The molecule has 0 saturated heterocycles. The average Bonchev–Trinajstić information content (AvgIpc) is 2.77. The Bertz CT molecular complexity index is 968. The first-order valence-corrected chi connectivity index (χ1v) is 13.0. The smallest absolute Gasteiger partial charge is 0.408 e. The summed E-state index contributed by atoms with van der Waals surface area (Å²) in [6.45, 7) is 17.1. The lowest BCUT2D eigenvalue weighted by Crippen LogP contribution is -2.60. The first-order valence-electron chi connectivity index (χ1n) is 13.0. The van der Waals surface area contributed by atoms with Crippen molar-refractivity contribution in [2.45, 2.75) is 111 Å². The number of carbonyl (C=O) groups excluding carboxylic acids is 4. The molecule has 37 heavy (non-hydrogen) atoms. The van der Waals surface area contributed by atoms with Crippen LogP contribution in [0.5, 0.6) is 0 Å². The standard InChI is InChI=1S/C28H46N4O5/c1-10-12-16-30-24(34)23(20-15-13-14-18(3)19(20)4)32(28(8,9)11-2)25(35)21(17-22(29)33)31-26(36)37-27(5,6)7/h13-15,21,23H,10-12,16-17H2,1-9H3,(H2,29,33)(H,30,34)(H,31,36). The van der Waals surface area contributed by atoms with Crippen LogP contribution in [0, 0.1) is 13.8 Å². The molecule has 0 saturated carbocycles. The van der Waals surface area contributed by atoms with Crippen LogP contribution in [0.25, 0.3) is 0 Å². The van der Waals surface area contributed by atoms with Crippen molar-refractivity contribution in [3.05, 3.63) is 34.9 Å². The molecule has 9 nitrogen and oxygen atoms in total. The Kier molecular flexibility index (Phi) is 11.6. The Morgan fingerprint density at radius 1 is 1.05 bits per heavy atom. The van der Waals surface area contributed by atoms with E-state index in [-0.39, 0.29) is 5.91 Å². The second-order valence-electron chi connectivity index (χ2n) is 11.1. The van der Waals surface area contributed by atoms with Gasteiger partial charge in [-0.25, -0.2) is 4.79 Å². The lowest BCUT2D eigenvalue weighted by atomic mass is 9.89. The molecule has 2 unspecified atom stereocenters. The highest BCUT2D eigenvalue weighted by molar-refractivity contribution is 5.95. The van der Waals surface area contributed by atoms with E-state index < -0.39 is 47.6 Å². The predicted molar refractivity (Wildman–Crippen MR) is 145 cm³/mol. The zero-order chi connectivity index (χ0) is 28.6. The summed E-state index contributed by atoms with van der Waals surface area (Å²) in [5, 5.41) is 5.50. The van der Waals surface area contributed by atoms with E-state index in [1.165, 1.54) is 4.90 Å². The summed E-state index contributed by atoms with van der Waals surface area (Å²) in [4.78, 5) is 54.0. The highest BCUT2D eigenvalue weighted by Crippen LogP contribution is 2.34. The first kappa shape index (κ1) is 31.9. The monoisotopic (exact) mass is 518 g/mol. The largest absolute Gasteiger partial charge is 0.444 e. The van der Waals surface area contributed by atoms with E-state index in [0.29, 0.717) is 18.5 Å². The molecule has 208 valence electrons. The minimum Gasteiger partial charge on any atom is -0.444 e. The Hall–Kier alpha value is -3.10. The maximum atomic E-state index is 14.2. The number of nitrogens with one attached hydrogen (secondary N) is 2. The second kappa shape index (κ2) is 13.4. The van der Waals surface area contributed by atoms with Gasteiger partial charge in [0.2, 0.25) is 17.7 Å². The average molecular weight is 519 g/mol. The number of aryl methyl sites for hydroxylation is 1. The minimum absolute atomic E-state index is 0.327. The van der Waals surface area contributed by atoms with E-state index in [0.717, 1.165) is 24.0 Å². The molecule has 0 fully saturated rings. The molecule has 4 amide bonds. The van der Waals surface area contributed by atoms with Gasteiger partial charge in [0.25, 0.3) is 0 Å². The zero-order valence-corrected chi connectivity index (χ0v) is 24.0. The Morgan fingerprint density at radius 3 is 2.19 bits per heavy atom. The Labute approximate surface area is 221 Å². The molecule has 1 aromatic rings. The summed E-state index contributed by atoms with van der Waals surface area (Å²) in [7, 11) is 0. The highest BCUT2D eigenvalue weighted by atomic mass is 16.6. The molecule has 0 aliphatic rings. The molecule has 0 spiro atoms. The lowest BCUT2D eigenvalue weighted by molar-refractivity contribution is -0.150. The van der Waals surface area contributed by atoms with Crippen molar-refractivity contribution in [1.82, 2.24) is 15.5 Å². The maximum absolute atomic E-state index is 14.2. The van der Waals surface area contributed by atoms with Gasteiger partial charge in [0.15, 0.2) is 0 Å². The van der Waals surface area contributed by atoms with Crippen molar-refractivity contribution >= 4 is 23.8 Å². The first-order chi connectivity index (χ1) is 17.1. The van der Waals surface area contributed by atoms with Crippen molar-refractivity contribution < 1.29 is 23.9 Å². The number of alkyl carbamates (subject to hydrolysis) is 1. The van der Waals surface area contributed by atoms with Crippen LogP contribution in [0.2, 0.25) is 0 Å². The molecule has 1 rings (SSSR count). The van der Waals surface area contributed by atoms with Gasteiger partial charge in [0, 0.05) is 12.1 Å². The van der Waals surface area contributed by atoms with Crippen molar-refractivity contribution in [1.29, 1.82) is 0 Å². The van der Waals surface area contributed by atoms with Gasteiger partial charge in [-0.3, -0.25) is 14.4 Å². The molecule has 1 aromatic carbocycles. The van der Waals surface area contributed by atoms with Crippen LogP contribution in [-0.2, 0) is 19.1 Å². The van der Waals surface area contributed by atoms with Gasteiger partial charge in [0.05, 0.1) is 6.42 Å². The third-order valence-corrected chi connectivity index (χ3v) is 6.43. The van der Waals surface area contributed by atoms with Gasteiger partial charge >= 0.3 is 6.09 Å². The molecule has 2 atom stereocenters. The predicted octanol–water partition coefficient (Wildman–Crippen LogP) is 4.05. The molecule has 0 heterocycles. The van der Waals surface area contributed by atoms with Crippen LogP contribution in [0.15, 0.2) is 18.2 Å². The lowest BCUT2D eigenvalue weighted by Gasteiger charge is -2.45. The van der Waals surface area contributed by atoms with E-state index in [1.807, 2.05) is 59.7 Å². The zero-order valence-electron chi connectivity index (χ0n) is 24.0. The van der Waals surface area contributed by atoms with Crippen LogP contribution in [0.1, 0.15) is 96.9 Å². The number of nitrogens with two attached hydrogens (primary N) is 1. The molecular weight excluding hydrogens is 472 g/mol. The molecule has 0 aliphatic heterocycles. The highest BCUT2D eigenvalue weighted by Gasteiger charge is 2.44. The Morgan fingerprint density at radius 2 is 1.68 bits per heavy atom. The molecule has 4 N–H and O–H groups in total.